The van der Waals surface area contributed by atoms with Gasteiger partial charge in [0.1, 0.15) is 0 Å². The maximum atomic E-state index is 10.1. The van der Waals surface area contributed by atoms with Crippen molar-refractivity contribution in [1.82, 2.24) is 5.32 Å². The number of rotatable bonds is 2. The van der Waals surface area contributed by atoms with E-state index < -0.39 is 0 Å². The van der Waals surface area contributed by atoms with Crippen LogP contribution in [-0.2, 0) is 9.53 Å². The number of hydrogen-bond acceptors (Lipinski definition) is 2. The van der Waals surface area contributed by atoms with Crippen molar-refractivity contribution in [3.8, 4) is 0 Å². The van der Waals surface area contributed by atoms with Gasteiger partial charge in [-0.05, 0) is 20.3 Å². The predicted octanol–water partition coefficient (Wildman–Crippen LogP) is 0.939. The molecule has 0 aromatic rings. The maximum absolute atomic E-state index is 10.1. The van der Waals surface area contributed by atoms with Crippen LogP contribution in [0.2, 0.25) is 0 Å². The van der Waals surface area contributed by atoms with Gasteiger partial charge in [0.15, 0.2) is 0 Å². The minimum atomic E-state index is 0.204. The van der Waals surface area contributed by atoms with Crippen LogP contribution in [0.1, 0.15) is 26.7 Å². The smallest absolute Gasteiger partial charge is 0.220 e. The lowest BCUT2D eigenvalue weighted by atomic mass is 10.4. The predicted molar refractivity (Wildman–Crippen MR) is 44.4 cm³/mol. The lowest BCUT2D eigenvalue weighted by Crippen LogP contribution is -2.12. The standard InChI is InChI=1S/C4H7NO.C4H10O/c6-4-2-1-3-5-4;1-3-5-4-2/h1-3H2,(H,5,6);3-4H2,1-2H3. The van der Waals surface area contributed by atoms with Gasteiger partial charge < -0.3 is 10.1 Å². The highest BCUT2D eigenvalue weighted by atomic mass is 16.5. The number of hydrogen-bond donors (Lipinski definition) is 1. The average molecular weight is 159 g/mol. The van der Waals surface area contributed by atoms with E-state index in [1.807, 2.05) is 13.8 Å². The Morgan fingerprint density at radius 1 is 1.45 bits per heavy atom. The van der Waals surface area contributed by atoms with Crippen molar-refractivity contribution in [3.05, 3.63) is 0 Å². The fraction of sp³-hybridized carbons (Fsp3) is 0.875. The second-order valence-electron chi connectivity index (χ2n) is 2.23. The molecule has 0 saturated carbocycles. The van der Waals surface area contributed by atoms with Gasteiger partial charge in [0.25, 0.3) is 0 Å². The van der Waals surface area contributed by atoms with Gasteiger partial charge in [-0.15, -0.1) is 0 Å². The largest absolute Gasteiger partial charge is 0.382 e. The Bertz CT molecular complexity index is 94.3. The summed E-state index contributed by atoms with van der Waals surface area (Å²) in [4.78, 5) is 10.1. The highest BCUT2D eigenvalue weighted by Gasteiger charge is 2.05. The molecule has 0 aromatic carbocycles. The summed E-state index contributed by atoms with van der Waals surface area (Å²) in [5.74, 6) is 0.204. The number of carbonyl (C=O) groups excluding carboxylic acids is 1. The van der Waals surface area contributed by atoms with Crippen molar-refractivity contribution in [2.24, 2.45) is 0 Å². The van der Waals surface area contributed by atoms with E-state index in [9.17, 15) is 4.79 Å². The first kappa shape index (κ1) is 10.4. The first-order valence-electron chi connectivity index (χ1n) is 4.15. The zero-order chi connectivity index (χ0) is 8.53. The fourth-order valence-electron chi connectivity index (χ4n) is 0.769. The van der Waals surface area contributed by atoms with E-state index in [1.54, 1.807) is 0 Å². The molecule has 0 unspecified atom stereocenters. The van der Waals surface area contributed by atoms with E-state index in [2.05, 4.69) is 5.32 Å². The van der Waals surface area contributed by atoms with E-state index in [0.717, 1.165) is 32.6 Å². The van der Waals surface area contributed by atoms with Crippen LogP contribution >= 0.6 is 0 Å². The molecule has 1 N–H and O–H groups in total. The summed E-state index contributed by atoms with van der Waals surface area (Å²) < 4.78 is 4.83. The van der Waals surface area contributed by atoms with Gasteiger partial charge in [0, 0.05) is 26.2 Å². The van der Waals surface area contributed by atoms with Crippen molar-refractivity contribution in [2.45, 2.75) is 26.7 Å². The van der Waals surface area contributed by atoms with Crippen LogP contribution in [0.3, 0.4) is 0 Å². The van der Waals surface area contributed by atoms with Gasteiger partial charge in [-0.1, -0.05) is 0 Å². The molecule has 1 amide bonds. The fourth-order valence-corrected chi connectivity index (χ4v) is 0.769. The Hall–Kier alpha value is -0.570. The number of ether oxygens (including phenoxy) is 1. The van der Waals surface area contributed by atoms with Crippen LogP contribution in [0.4, 0.5) is 0 Å². The molecule has 11 heavy (non-hydrogen) atoms. The van der Waals surface area contributed by atoms with Crippen molar-refractivity contribution < 1.29 is 9.53 Å². The lowest BCUT2D eigenvalue weighted by molar-refractivity contribution is -0.119. The third-order valence-corrected chi connectivity index (χ3v) is 1.31. The van der Waals surface area contributed by atoms with Crippen LogP contribution in [0.5, 0.6) is 0 Å². The Labute approximate surface area is 68.1 Å². The summed E-state index contributed by atoms with van der Waals surface area (Å²) >= 11 is 0. The van der Waals surface area contributed by atoms with Gasteiger partial charge in [0.05, 0.1) is 0 Å². The summed E-state index contributed by atoms with van der Waals surface area (Å²) in [6.45, 7) is 6.55. The Morgan fingerprint density at radius 3 is 2.18 bits per heavy atom. The van der Waals surface area contributed by atoms with E-state index >= 15 is 0 Å². The van der Waals surface area contributed by atoms with Gasteiger partial charge in [-0.25, -0.2) is 0 Å². The number of nitrogens with one attached hydrogen (secondary N) is 1. The second kappa shape index (κ2) is 7.54. The molecule has 0 atom stereocenters. The topological polar surface area (TPSA) is 38.3 Å². The molecule has 1 heterocycles. The molecule has 0 bridgehead atoms. The van der Waals surface area contributed by atoms with Gasteiger partial charge in [0.2, 0.25) is 5.91 Å². The minimum Gasteiger partial charge on any atom is -0.382 e. The van der Waals surface area contributed by atoms with E-state index in [0.29, 0.717) is 0 Å². The Kier molecular flexibility index (Phi) is 7.15. The van der Waals surface area contributed by atoms with Crippen LogP contribution in [0.25, 0.3) is 0 Å². The Morgan fingerprint density at radius 2 is 2.09 bits per heavy atom. The van der Waals surface area contributed by atoms with Gasteiger partial charge in [-0.2, -0.15) is 0 Å². The summed E-state index contributed by atoms with van der Waals surface area (Å²) in [6, 6.07) is 0. The lowest BCUT2D eigenvalue weighted by Gasteiger charge is -1.86. The SMILES string of the molecule is CCOCC.O=C1CCCN1. The molecule has 0 aromatic heterocycles. The van der Waals surface area contributed by atoms with Crippen LogP contribution in [-0.4, -0.2) is 25.7 Å². The molecule has 0 radical (unpaired) electrons. The third-order valence-electron chi connectivity index (χ3n) is 1.31. The molecular formula is C8H17NO2. The number of carbonyl (C=O) groups is 1. The molecule has 1 rings (SSSR count). The normalized spacial score (nSPS) is 15.3. The Balaban J connectivity index is 0.000000187. The summed E-state index contributed by atoms with van der Waals surface area (Å²) in [7, 11) is 0. The summed E-state index contributed by atoms with van der Waals surface area (Å²) in [5, 5.41) is 2.68. The van der Waals surface area contributed by atoms with Crippen molar-refractivity contribution in [2.75, 3.05) is 19.8 Å². The van der Waals surface area contributed by atoms with E-state index in [-0.39, 0.29) is 5.91 Å². The molecule has 0 aliphatic carbocycles. The molecular weight excluding hydrogens is 142 g/mol. The molecule has 1 fully saturated rings. The maximum Gasteiger partial charge on any atom is 0.220 e. The minimum absolute atomic E-state index is 0.204. The van der Waals surface area contributed by atoms with E-state index in [1.165, 1.54) is 0 Å². The molecule has 1 aliphatic heterocycles. The first-order chi connectivity index (χ1) is 5.31. The van der Waals surface area contributed by atoms with Crippen LogP contribution < -0.4 is 5.32 Å². The molecule has 1 aliphatic rings. The highest BCUT2D eigenvalue weighted by molar-refractivity contribution is 5.77. The van der Waals surface area contributed by atoms with Gasteiger partial charge in [-0.3, -0.25) is 4.79 Å². The van der Waals surface area contributed by atoms with Crippen LogP contribution in [0.15, 0.2) is 0 Å². The zero-order valence-corrected chi connectivity index (χ0v) is 7.35. The molecule has 1 saturated heterocycles. The molecule has 3 nitrogen and oxygen atoms in total. The highest BCUT2D eigenvalue weighted by Crippen LogP contribution is 1.93. The van der Waals surface area contributed by atoms with Crippen molar-refractivity contribution in [1.29, 1.82) is 0 Å². The summed E-state index contributed by atoms with van der Waals surface area (Å²) in [5.41, 5.74) is 0. The zero-order valence-electron chi connectivity index (χ0n) is 7.35. The van der Waals surface area contributed by atoms with Gasteiger partial charge >= 0.3 is 0 Å². The van der Waals surface area contributed by atoms with Crippen molar-refractivity contribution in [3.63, 3.8) is 0 Å². The van der Waals surface area contributed by atoms with Crippen molar-refractivity contribution >= 4 is 5.91 Å². The average Bonchev–Trinajstić information content (AvgIpc) is 2.43. The third kappa shape index (κ3) is 7.33. The van der Waals surface area contributed by atoms with Crippen LogP contribution in [0, 0.1) is 0 Å². The first-order valence-corrected chi connectivity index (χ1v) is 4.15. The summed E-state index contributed by atoms with van der Waals surface area (Å²) in [6.07, 6.45) is 1.76. The molecule has 0 spiro atoms. The second-order valence-corrected chi connectivity index (χ2v) is 2.23. The quantitative estimate of drug-likeness (QED) is 0.651. The molecule has 3 heteroatoms. The number of amides is 1. The van der Waals surface area contributed by atoms with E-state index in [4.69, 9.17) is 4.74 Å². The molecule has 66 valence electrons. The monoisotopic (exact) mass is 159 g/mol.